The first-order valence-corrected chi connectivity index (χ1v) is 7.47. The molecule has 2 rings (SSSR count). The Bertz CT molecular complexity index is 503. The highest BCUT2D eigenvalue weighted by molar-refractivity contribution is 6.40. The van der Waals surface area contributed by atoms with Gasteiger partial charge in [0, 0.05) is 19.1 Å². The summed E-state index contributed by atoms with van der Waals surface area (Å²) in [5.74, 6) is -0.0897. The second kappa shape index (κ2) is 6.76. The Kier molecular flexibility index (Phi) is 5.27. The number of amides is 1. The summed E-state index contributed by atoms with van der Waals surface area (Å²) in [4.78, 5) is 14.3. The number of likely N-dealkylation sites (N-methyl/N-ethyl adjacent to an activating group) is 1. The number of benzene rings is 1. The molecule has 0 aliphatic carbocycles. The Morgan fingerprint density at radius 3 is 2.70 bits per heavy atom. The molecule has 0 unspecified atom stereocenters. The number of nitrogens with one attached hydrogen (secondary N) is 2. The second-order valence-corrected chi connectivity index (χ2v) is 5.76. The maximum Gasteiger partial charge on any atom is 0.238 e. The zero-order valence-electron chi connectivity index (χ0n) is 11.7. The van der Waals surface area contributed by atoms with Crippen molar-refractivity contribution in [3.8, 4) is 0 Å². The summed E-state index contributed by atoms with van der Waals surface area (Å²) in [6.45, 7) is 7.00. The molecule has 1 aromatic rings. The SMILES string of the molecule is CCN(CC(=O)Nc1c(Cl)ccc(C)c1Cl)C1CNC1. The number of halogens is 2. The van der Waals surface area contributed by atoms with Crippen LogP contribution in [0.5, 0.6) is 0 Å². The Balaban J connectivity index is 2.02. The van der Waals surface area contributed by atoms with E-state index in [4.69, 9.17) is 23.2 Å². The molecule has 0 aromatic heterocycles. The van der Waals surface area contributed by atoms with Gasteiger partial charge in [-0.3, -0.25) is 9.69 Å². The van der Waals surface area contributed by atoms with Gasteiger partial charge in [0.1, 0.15) is 0 Å². The highest BCUT2D eigenvalue weighted by Crippen LogP contribution is 2.32. The quantitative estimate of drug-likeness (QED) is 0.877. The van der Waals surface area contributed by atoms with E-state index in [0.717, 1.165) is 25.2 Å². The molecule has 1 aliphatic heterocycles. The van der Waals surface area contributed by atoms with Crippen molar-refractivity contribution in [3.63, 3.8) is 0 Å². The number of carbonyl (C=O) groups excluding carboxylic acids is 1. The van der Waals surface area contributed by atoms with E-state index in [-0.39, 0.29) is 5.91 Å². The number of nitrogens with zero attached hydrogens (tertiary/aromatic N) is 1. The lowest BCUT2D eigenvalue weighted by Gasteiger charge is -2.37. The average molecular weight is 316 g/mol. The molecule has 1 saturated heterocycles. The zero-order chi connectivity index (χ0) is 14.7. The lowest BCUT2D eigenvalue weighted by atomic mass is 10.1. The maximum absolute atomic E-state index is 12.2. The number of aryl methyl sites for hydroxylation is 1. The third-order valence-electron chi connectivity index (χ3n) is 3.58. The average Bonchev–Trinajstić information content (AvgIpc) is 2.36. The van der Waals surface area contributed by atoms with E-state index in [9.17, 15) is 4.79 Å². The molecule has 1 amide bonds. The smallest absolute Gasteiger partial charge is 0.238 e. The topological polar surface area (TPSA) is 44.4 Å². The summed E-state index contributed by atoms with van der Waals surface area (Å²) in [6.07, 6.45) is 0. The molecular formula is C14H19Cl2N3O. The van der Waals surface area contributed by atoms with Gasteiger partial charge in [-0.05, 0) is 25.1 Å². The standard InChI is InChI=1S/C14H19Cl2N3O/c1-3-19(10-6-17-7-10)8-12(20)18-14-11(15)5-4-9(2)13(14)16/h4-5,10,17H,3,6-8H2,1-2H3,(H,18,20). The predicted molar refractivity (Wildman–Crippen MR) is 83.7 cm³/mol. The van der Waals surface area contributed by atoms with Crippen LogP contribution < -0.4 is 10.6 Å². The van der Waals surface area contributed by atoms with Gasteiger partial charge in [0.15, 0.2) is 0 Å². The molecule has 1 aromatic carbocycles. The molecule has 20 heavy (non-hydrogen) atoms. The van der Waals surface area contributed by atoms with Crippen molar-refractivity contribution in [1.29, 1.82) is 0 Å². The fraction of sp³-hybridized carbons (Fsp3) is 0.500. The van der Waals surface area contributed by atoms with E-state index in [1.54, 1.807) is 6.07 Å². The van der Waals surface area contributed by atoms with Gasteiger partial charge in [0.2, 0.25) is 5.91 Å². The molecule has 0 radical (unpaired) electrons. The highest BCUT2D eigenvalue weighted by atomic mass is 35.5. The zero-order valence-corrected chi connectivity index (χ0v) is 13.2. The van der Waals surface area contributed by atoms with E-state index < -0.39 is 0 Å². The van der Waals surface area contributed by atoms with E-state index >= 15 is 0 Å². The Morgan fingerprint density at radius 2 is 2.15 bits per heavy atom. The van der Waals surface area contributed by atoms with Crippen LogP contribution in [0.15, 0.2) is 12.1 Å². The van der Waals surface area contributed by atoms with Gasteiger partial charge >= 0.3 is 0 Å². The Labute approximate surface area is 129 Å². The fourth-order valence-electron chi connectivity index (χ4n) is 2.17. The van der Waals surface area contributed by atoms with Crippen LogP contribution in [0.25, 0.3) is 0 Å². The number of rotatable bonds is 5. The third kappa shape index (κ3) is 3.44. The summed E-state index contributed by atoms with van der Waals surface area (Å²) in [6, 6.07) is 4.01. The van der Waals surface area contributed by atoms with Crippen molar-refractivity contribution in [1.82, 2.24) is 10.2 Å². The van der Waals surface area contributed by atoms with Crippen LogP contribution in [0.4, 0.5) is 5.69 Å². The molecule has 1 heterocycles. The maximum atomic E-state index is 12.2. The van der Waals surface area contributed by atoms with E-state index in [1.165, 1.54) is 0 Å². The van der Waals surface area contributed by atoms with Gasteiger partial charge in [0.05, 0.1) is 22.3 Å². The van der Waals surface area contributed by atoms with Gasteiger partial charge in [-0.1, -0.05) is 36.2 Å². The lowest BCUT2D eigenvalue weighted by Crippen LogP contribution is -2.58. The van der Waals surface area contributed by atoms with Crippen LogP contribution in [0.3, 0.4) is 0 Å². The van der Waals surface area contributed by atoms with Gasteiger partial charge in [-0.2, -0.15) is 0 Å². The predicted octanol–water partition coefficient (Wildman–Crippen LogP) is 2.53. The molecule has 2 N–H and O–H groups in total. The van der Waals surface area contributed by atoms with Crippen LogP contribution in [0.1, 0.15) is 12.5 Å². The Morgan fingerprint density at radius 1 is 1.45 bits per heavy atom. The van der Waals surface area contributed by atoms with Crippen LogP contribution >= 0.6 is 23.2 Å². The number of hydrogen-bond acceptors (Lipinski definition) is 3. The molecule has 4 nitrogen and oxygen atoms in total. The van der Waals surface area contributed by atoms with Crippen LogP contribution in [-0.4, -0.2) is 43.0 Å². The minimum absolute atomic E-state index is 0.0897. The van der Waals surface area contributed by atoms with Gasteiger partial charge in [-0.15, -0.1) is 0 Å². The third-order valence-corrected chi connectivity index (χ3v) is 4.38. The molecule has 1 aliphatic rings. The van der Waals surface area contributed by atoms with Gasteiger partial charge in [0.25, 0.3) is 0 Å². The number of hydrogen-bond donors (Lipinski definition) is 2. The summed E-state index contributed by atoms with van der Waals surface area (Å²) >= 11 is 12.3. The van der Waals surface area contributed by atoms with Crippen molar-refractivity contribution in [2.45, 2.75) is 19.9 Å². The van der Waals surface area contributed by atoms with Crippen molar-refractivity contribution < 1.29 is 4.79 Å². The summed E-state index contributed by atoms with van der Waals surface area (Å²) in [5.41, 5.74) is 1.39. The molecule has 6 heteroatoms. The van der Waals surface area contributed by atoms with Crippen molar-refractivity contribution in [2.75, 3.05) is 31.5 Å². The normalized spacial score (nSPS) is 15.2. The molecular weight excluding hydrogens is 297 g/mol. The van der Waals surface area contributed by atoms with Crippen molar-refractivity contribution in [3.05, 3.63) is 27.7 Å². The molecule has 0 saturated carbocycles. The van der Waals surface area contributed by atoms with E-state index in [0.29, 0.717) is 28.3 Å². The van der Waals surface area contributed by atoms with Crippen molar-refractivity contribution in [2.24, 2.45) is 0 Å². The van der Waals surface area contributed by atoms with E-state index in [1.807, 2.05) is 13.0 Å². The summed E-state index contributed by atoms with van der Waals surface area (Å²) < 4.78 is 0. The summed E-state index contributed by atoms with van der Waals surface area (Å²) in [5, 5.41) is 6.99. The second-order valence-electron chi connectivity index (χ2n) is 4.98. The Hall–Kier alpha value is -0.810. The van der Waals surface area contributed by atoms with Crippen LogP contribution in [0.2, 0.25) is 10.0 Å². The minimum Gasteiger partial charge on any atom is -0.322 e. The van der Waals surface area contributed by atoms with Gasteiger partial charge < -0.3 is 10.6 Å². The number of carbonyl (C=O) groups is 1. The first-order valence-electron chi connectivity index (χ1n) is 6.72. The number of anilines is 1. The summed E-state index contributed by atoms with van der Waals surface area (Å²) in [7, 11) is 0. The molecule has 0 bridgehead atoms. The first kappa shape index (κ1) is 15.6. The van der Waals surface area contributed by atoms with Gasteiger partial charge in [-0.25, -0.2) is 0 Å². The highest BCUT2D eigenvalue weighted by Gasteiger charge is 2.25. The van der Waals surface area contributed by atoms with Crippen molar-refractivity contribution >= 4 is 34.8 Å². The molecule has 110 valence electrons. The molecule has 0 spiro atoms. The largest absolute Gasteiger partial charge is 0.322 e. The molecule has 0 atom stereocenters. The van der Waals surface area contributed by atoms with Crippen LogP contribution in [-0.2, 0) is 4.79 Å². The fourth-order valence-corrected chi connectivity index (χ4v) is 2.63. The molecule has 1 fully saturated rings. The van der Waals surface area contributed by atoms with Crippen LogP contribution in [0, 0.1) is 6.92 Å². The minimum atomic E-state index is -0.0897. The first-order chi connectivity index (χ1) is 9.52. The lowest BCUT2D eigenvalue weighted by molar-refractivity contribution is -0.118. The van der Waals surface area contributed by atoms with E-state index in [2.05, 4.69) is 22.5 Å². The monoisotopic (exact) mass is 315 g/mol.